The van der Waals surface area contributed by atoms with Crippen molar-refractivity contribution in [2.24, 2.45) is 0 Å². The van der Waals surface area contributed by atoms with E-state index in [1.807, 2.05) is 18.2 Å². The number of hydrogen-bond acceptors (Lipinski definition) is 1. The topological polar surface area (TPSA) is 12.0 Å². The van der Waals surface area contributed by atoms with Crippen LogP contribution < -0.4 is 5.32 Å². The van der Waals surface area contributed by atoms with Gasteiger partial charge >= 0.3 is 0 Å². The number of anilines is 1. The fourth-order valence-corrected chi connectivity index (χ4v) is 2.83. The summed E-state index contributed by atoms with van der Waals surface area (Å²) in [6.45, 7) is 2.14. The van der Waals surface area contributed by atoms with Crippen molar-refractivity contribution in [3.05, 3.63) is 61.1 Å². The van der Waals surface area contributed by atoms with Crippen LogP contribution in [0, 0.1) is 3.57 Å². The third-order valence-electron chi connectivity index (χ3n) is 2.67. The molecule has 0 spiro atoms. The maximum absolute atomic E-state index is 5.93. The minimum absolute atomic E-state index is 0.250. The molecule has 0 aliphatic heterocycles. The number of nitrogens with one attached hydrogen (secondary N) is 1. The lowest BCUT2D eigenvalue weighted by Crippen LogP contribution is -2.06. The zero-order valence-electron chi connectivity index (χ0n) is 9.75. The standard InChI is InChI=1S/C14H12BrClIN/c1-9(10-2-5-12(17)6-3-10)18-14-7-4-11(16)8-13(14)15/h2-9,18H,1H3. The highest BCUT2D eigenvalue weighted by atomic mass is 127. The van der Waals surface area contributed by atoms with E-state index in [-0.39, 0.29) is 6.04 Å². The number of benzene rings is 2. The van der Waals surface area contributed by atoms with Gasteiger partial charge in [0.15, 0.2) is 0 Å². The zero-order chi connectivity index (χ0) is 13.1. The third kappa shape index (κ3) is 3.62. The van der Waals surface area contributed by atoms with Crippen molar-refractivity contribution in [2.75, 3.05) is 5.32 Å². The summed E-state index contributed by atoms with van der Waals surface area (Å²) in [6, 6.07) is 14.5. The van der Waals surface area contributed by atoms with E-state index in [1.165, 1.54) is 9.13 Å². The normalized spacial score (nSPS) is 12.2. The largest absolute Gasteiger partial charge is 0.378 e. The molecule has 1 nitrogen and oxygen atoms in total. The molecular formula is C14H12BrClIN. The summed E-state index contributed by atoms with van der Waals surface area (Å²) in [5.74, 6) is 0. The first kappa shape index (κ1) is 14.2. The minimum atomic E-state index is 0.250. The minimum Gasteiger partial charge on any atom is -0.378 e. The second-order valence-corrected chi connectivity index (χ2v) is 6.58. The number of rotatable bonds is 3. The first-order chi connectivity index (χ1) is 8.56. The van der Waals surface area contributed by atoms with Crippen molar-refractivity contribution < 1.29 is 0 Å². The quantitative estimate of drug-likeness (QED) is 0.593. The first-order valence-electron chi connectivity index (χ1n) is 5.53. The van der Waals surface area contributed by atoms with Gasteiger partial charge in [0.1, 0.15) is 0 Å². The fraction of sp³-hybridized carbons (Fsp3) is 0.143. The molecule has 0 bridgehead atoms. The molecule has 0 radical (unpaired) electrons. The van der Waals surface area contributed by atoms with E-state index in [0.717, 1.165) is 15.2 Å². The molecule has 1 N–H and O–H groups in total. The van der Waals surface area contributed by atoms with Crippen molar-refractivity contribution in [3.63, 3.8) is 0 Å². The Morgan fingerprint density at radius 3 is 2.44 bits per heavy atom. The Hall–Kier alpha value is -0.260. The van der Waals surface area contributed by atoms with Gasteiger partial charge in [-0.2, -0.15) is 0 Å². The summed E-state index contributed by atoms with van der Waals surface area (Å²) in [7, 11) is 0. The van der Waals surface area contributed by atoms with Gasteiger partial charge in [-0.05, 0) is 81.3 Å². The zero-order valence-corrected chi connectivity index (χ0v) is 14.3. The average molecular weight is 437 g/mol. The van der Waals surface area contributed by atoms with Crippen LogP contribution in [0.3, 0.4) is 0 Å². The van der Waals surface area contributed by atoms with Gasteiger partial charge in [-0.3, -0.25) is 0 Å². The lowest BCUT2D eigenvalue weighted by Gasteiger charge is -2.17. The van der Waals surface area contributed by atoms with E-state index >= 15 is 0 Å². The average Bonchev–Trinajstić information content (AvgIpc) is 2.33. The van der Waals surface area contributed by atoms with Gasteiger partial charge < -0.3 is 5.32 Å². The van der Waals surface area contributed by atoms with Crippen LogP contribution in [0.15, 0.2) is 46.9 Å². The lowest BCUT2D eigenvalue weighted by atomic mass is 10.1. The molecule has 4 heteroatoms. The van der Waals surface area contributed by atoms with Crippen LogP contribution in [0.25, 0.3) is 0 Å². The van der Waals surface area contributed by atoms with Gasteiger partial charge in [0.2, 0.25) is 0 Å². The summed E-state index contributed by atoms with van der Waals surface area (Å²) in [6.07, 6.45) is 0. The van der Waals surface area contributed by atoms with Crippen molar-refractivity contribution in [1.29, 1.82) is 0 Å². The molecule has 0 heterocycles. The van der Waals surface area contributed by atoms with Crippen LogP contribution in [-0.4, -0.2) is 0 Å². The summed E-state index contributed by atoms with van der Waals surface area (Å²) in [5.41, 5.74) is 2.31. The molecule has 0 saturated heterocycles. The van der Waals surface area contributed by atoms with E-state index in [4.69, 9.17) is 11.6 Å². The van der Waals surface area contributed by atoms with Crippen molar-refractivity contribution >= 4 is 55.8 Å². The van der Waals surface area contributed by atoms with Gasteiger partial charge in [0.05, 0.1) is 0 Å². The Balaban J connectivity index is 2.15. The molecule has 0 aliphatic rings. The predicted octanol–water partition coefficient (Wildman–Crippen LogP) is 5.88. The maximum atomic E-state index is 5.93. The van der Waals surface area contributed by atoms with Crippen LogP contribution in [-0.2, 0) is 0 Å². The molecule has 18 heavy (non-hydrogen) atoms. The Bertz CT molecular complexity index is 542. The second-order valence-electron chi connectivity index (χ2n) is 4.04. The number of hydrogen-bond donors (Lipinski definition) is 1. The van der Waals surface area contributed by atoms with Crippen LogP contribution in [0.1, 0.15) is 18.5 Å². The fourth-order valence-electron chi connectivity index (χ4n) is 1.67. The third-order valence-corrected chi connectivity index (χ3v) is 4.28. The van der Waals surface area contributed by atoms with E-state index in [9.17, 15) is 0 Å². The summed E-state index contributed by atoms with van der Waals surface area (Å²) in [5, 5.41) is 4.20. The summed E-state index contributed by atoms with van der Waals surface area (Å²) < 4.78 is 2.23. The van der Waals surface area contributed by atoms with Crippen LogP contribution >= 0.6 is 50.1 Å². The molecule has 2 aromatic carbocycles. The van der Waals surface area contributed by atoms with Crippen LogP contribution in [0.2, 0.25) is 5.02 Å². The van der Waals surface area contributed by atoms with Crippen molar-refractivity contribution in [1.82, 2.24) is 0 Å². The molecule has 0 fully saturated rings. The van der Waals surface area contributed by atoms with Crippen molar-refractivity contribution in [3.8, 4) is 0 Å². The van der Waals surface area contributed by atoms with Gasteiger partial charge in [-0.15, -0.1) is 0 Å². The molecule has 0 aromatic heterocycles. The summed E-state index contributed by atoms with van der Waals surface area (Å²) >= 11 is 11.8. The molecule has 2 aromatic rings. The van der Waals surface area contributed by atoms with E-state index in [1.54, 1.807) is 0 Å². The van der Waals surface area contributed by atoms with Gasteiger partial charge in [0, 0.05) is 24.8 Å². The van der Waals surface area contributed by atoms with Crippen molar-refractivity contribution in [2.45, 2.75) is 13.0 Å². The van der Waals surface area contributed by atoms with Gasteiger partial charge in [-0.25, -0.2) is 0 Å². The van der Waals surface area contributed by atoms with Crippen LogP contribution in [0.4, 0.5) is 5.69 Å². The first-order valence-corrected chi connectivity index (χ1v) is 7.78. The highest BCUT2D eigenvalue weighted by Crippen LogP contribution is 2.29. The SMILES string of the molecule is CC(Nc1ccc(Cl)cc1Br)c1ccc(I)cc1. The predicted molar refractivity (Wildman–Crippen MR) is 90.3 cm³/mol. The lowest BCUT2D eigenvalue weighted by molar-refractivity contribution is 0.883. The molecule has 94 valence electrons. The van der Waals surface area contributed by atoms with E-state index < -0.39 is 0 Å². The molecule has 1 unspecified atom stereocenters. The Morgan fingerprint density at radius 1 is 1.17 bits per heavy atom. The molecule has 0 amide bonds. The second kappa shape index (κ2) is 6.26. The smallest absolute Gasteiger partial charge is 0.0490 e. The summed E-state index contributed by atoms with van der Waals surface area (Å²) in [4.78, 5) is 0. The van der Waals surface area contributed by atoms with E-state index in [2.05, 4.69) is 75.0 Å². The molecule has 2 rings (SSSR count). The van der Waals surface area contributed by atoms with Crippen LogP contribution in [0.5, 0.6) is 0 Å². The molecule has 1 atom stereocenters. The highest BCUT2D eigenvalue weighted by molar-refractivity contribution is 14.1. The molecular weight excluding hydrogens is 424 g/mol. The monoisotopic (exact) mass is 435 g/mol. The van der Waals surface area contributed by atoms with E-state index in [0.29, 0.717) is 0 Å². The molecule has 0 aliphatic carbocycles. The highest BCUT2D eigenvalue weighted by Gasteiger charge is 2.07. The molecule has 0 saturated carbocycles. The van der Waals surface area contributed by atoms with Gasteiger partial charge in [0.25, 0.3) is 0 Å². The Morgan fingerprint density at radius 2 is 1.83 bits per heavy atom. The number of halogens is 3. The van der Waals surface area contributed by atoms with Gasteiger partial charge in [-0.1, -0.05) is 23.7 Å². The maximum Gasteiger partial charge on any atom is 0.0490 e. The Kier molecular flexibility index (Phi) is 4.92. The Labute approximate surface area is 134 Å².